The van der Waals surface area contributed by atoms with Gasteiger partial charge >= 0.3 is 11.9 Å². The van der Waals surface area contributed by atoms with E-state index in [-0.39, 0.29) is 52.6 Å². The number of anilines is 1. The Morgan fingerprint density at radius 3 is 2.23 bits per heavy atom. The fraction of sp³-hybridized carbons (Fsp3) is 0.375. The van der Waals surface area contributed by atoms with Crippen LogP contribution in [-0.2, 0) is 23.6 Å². The number of aliphatic hydroxyl groups is 1. The van der Waals surface area contributed by atoms with Gasteiger partial charge < -0.3 is 31.5 Å². The van der Waals surface area contributed by atoms with E-state index < -0.39 is 30.5 Å². The lowest BCUT2D eigenvalue weighted by Gasteiger charge is -2.27. The molecule has 7 N–H and O–H groups in total. The van der Waals surface area contributed by atoms with Crippen molar-refractivity contribution in [3.05, 3.63) is 29.2 Å². The number of methoxy groups -OCH3 is 2. The van der Waals surface area contributed by atoms with Gasteiger partial charge in [0.05, 0.1) is 38.0 Å². The molecule has 0 aliphatic carbocycles. The van der Waals surface area contributed by atoms with Crippen LogP contribution in [0.2, 0.25) is 0 Å². The number of hydrogen-bond donors (Lipinski definition) is 5. The molecule has 3 unspecified atom stereocenters. The third-order valence-electron chi connectivity index (χ3n) is 6.82. The van der Waals surface area contributed by atoms with E-state index >= 15 is 0 Å². The molecule has 5 rings (SSSR count). The molecule has 3 aromatic heterocycles. The molecule has 5 heterocycles. The number of aromatic nitrogens is 6. The summed E-state index contributed by atoms with van der Waals surface area (Å²) in [4.78, 5) is 32.4. The summed E-state index contributed by atoms with van der Waals surface area (Å²) in [5, 5.41) is 56.0. The van der Waals surface area contributed by atoms with Gasteiger partial charge in [0.15, 0.2) is 23.1 Å². The monoisotopic (exact) mass is 650 g/mol. The molecule has 47 heavy (non-hydrogen) atoms. The number of ether oxygens (including phenoxy) is 2. The van der Waals surface area contributed by atoms with Gasteiger partial charge in [-0.25, -0.2) is 24.0 Å². The molecule has 23 heteroatoms. The predicted octanol–water partition coefficient (Wildman–Crippen LogP) is -0.183. The zero-order chi connectivity index (χ0) is 34.0. The molecule has 2 aliphatic rings. The van der Waals surface area contributed by atoms with E-state index in [1.807, 2.05) is 0 Å². The minimum absolute atomic E-state index is 0.0179. The Hall–Kier alpha value is -6.23. The fourth-order valence-corrected chi connectivity index (χ4v) is 4.46. The molecule has 246 valence electrons. The first-order valence-electron chi connectivity index (χ1n) is 13.6. The normalized spacial score (nSPS) is 19.5. The number of rotatable bonds is 8. The standard InChI is InChI=1S/C24H30N18O5/c1-10-14(33-35-18-11(20(43)46-4)8-28-39(18)2)16(26)41(37-10)22-30-23(32-24(45)31-22)42-17(27)15(13(38-42)6-7-25)34-36-19-12(21(44)47-5)9-29-40(19)3/h7-9,15,17,24-25,45H,6,26-27H2,1-5H3,(H,30,31,32). The highest BCUT2D eigenvalue weighted by Crippen LogP contribution is 2.30. The maximum Gasteiger partial charge on any atom is 0.343 e. The number of hydrogen-bond acceptors (Lipinski definition) is 20. The number of aryl methyl sites for hydroxylation is 3. The van der Waals surface area contributed by atoms with Crippen LogP contribution in [0.3, 0.4) is 0 Å². The van der Waals surface area contributed by atoms with Crippen molar-refractivity contribution >= 4 is 58.9 Å². The fourth-order valence-electron chi connectivity index (χ4n) is 4.46. The van der Waals surface area contributed by atoms with E-state index in [1.54, 1.807) is 21.0 Å². The van der Waals surface area contributed by atoms with E-state index in [4.69, 9.17) is 26.4 Å². The number of carbonyl (C=O) groups is 2. The highest BCUT2D eigenvalue weighted by molar-refractivity contribution is 6.06. The number of nitrogens with one attached hydrogen (secondary N) is 2. The van der Waals surface area contributed by atoms with E-state index in [2.05, 4.69) is 56.2 Å². The topological polar surface area (TPSA) is 304 Å². The van der Waals surface area contributed by atoms with E-state index in [0.29, 0.717) is 11.4 Å². The quantitative estimate of drug-likeness (QED) is 0.120. The van der Waals surface area contributed by atoms with Crippen LogP contribution in [0.25, 0.3) is 0 Å². The lowest BCUT2D eigenvalue weighted by atomic mass is 10.1. The summed E-state index contributed by atoms with van der Waals surface area (Å²) in [7, 11) is 5.61. The molecule has 0 amide bonds. The van der Waals surface area contributed by atoms with Crippen molar-refractivity contribution < 1.29 is 24.2 Å². The summed E-state index contributed by atoms with van der Waals surface area (Å²) in [6.45, 7) is 1.62. The summed E-state index contributed by atoms with van der Waals surface area (Å²) >= 11 is 0. The van der Waals surface area contributed by atoms with Gasteiger partial charge in [-0.05, 0) is 6.92 Å². The van der Waals surface area contributed by atoms with Crippen molar-refractivity contribution in [3.8, 4) is 0 Å². The van der Waals surface area contributed by atoms with Crippen LogP contribution in [0.5, 0.6) is 0 Å². The lowest BCUT2D eigenvalue weighted by molar-refractivity contribution is 0.0592. The number of esters is 2. The largest absolute Gasteiger partial charge is 0.465 e. The highest BCUT2D eigenvalue weighted by atomic mass is 16.5. The average molecular weight is 651 g/mol. The van der Waals surface area contributed by atoms with Gasteiger partial charge in [0, 0.05) is 26.7 Å². The Labute approximate surface area is 264 Å². The maximum absolute atomic E-state index is 12.1. The molecule has 23 nitrogen and oxygen atoms in total. The van der Waals surface area contributed by atoms with Gasteiger partial charge in [-0.15, -0.1) is 15.3 Å². The molecular weight excluding hydrogens is 620 g/mol. The van der Waals surface area contributed by atoms with Crippen LogP contribution < -0.4 is 16.8 Å². The zero-order valence-corrected chi connectivity index (χ0v) is 25.7. The first kappa shape index (κ1) is 32.2. The smallest absolute Gasteiger partial charge is 0.343 e. The van der Waals surface area contributed by atoms with Crippen LogP contribution in [-0.4, -0.2) is 108 Å². The third-order valence-corrected chi connectivity index (χ3v) is 6.82. The number of carbonyl (C=O) groups excluding carboxylic acids is 2. The van der Waals surface area contributed by atoms with Gasteiger partial charge in [0.1, 0.15) is 23.3 Å². The number of azo groups is 2. The lowest BCUT2D eigenvalue weighted by Crippen LogP contribution is -2.54. The van der Waals surface area contributed by atoms with Gasteiger partial charge in [0.2, 0.25) is 18.3 Å². The second kappa shape index (κ2) is 13.0. The van der Waals surface area contributed by atoms with Gasteiger partial charge in [-0.3, -0.25) is 5.32 Å². The number of aliphatic imine (C=N–C) groups is 2. The predicted molar refractivity (Wildman–Crippen MR) is 163 cm³/mol. The first-order valence-corrected chi connectivity index (χ1v) is 13.6. The summed E-state index contributed by atoms with van der Waals surface area (Å²) in [6, 6.07) is -0.896. The molecular formula is C24H30N18O5. The molecule has 3 aromatic rings. The van der Waals surface area contributed by atoms with Crippen LogP contribution in [0.15, 0.2) is 47.9 Å². The summed E-state index contributed by atoms with van der Waals surface area (Å²) in [5.74, 6) is -1.17. The number of aliphatic hydroxyl groups excluding tert-OH is 1. The van der Waals surface area contributed by atoms with Crippen molar-refractivity contribution in [2.45, 2.75) is 31.9 Å². The highest BCUT2D eigenvalue weighted by Gasteiger charge is 2.39. The molecule has 0 saturated heterocycles. The minimum Gasteiger partial charge on any atom is -0.465 e. The third kappa shape index (κ3) is 6.06. The van der Waals surface area contributed by atoms with Crippen molar-refractivity contribution in [1.82, 2.24) is 39.7 Å². The van der Waals surface area contributed by atoms with Crippen molar-refractivity contribution in [2.24, 2.45) is 55.4 Å². The first-order chi connectivity index (χ1) is 22.5. The number of guanidine groups is 1. The van der Waals surface area contributed by atoms with E-state index in [0.717, 1.165) is 6.21 Å². The zero-order valence-electron chi connectivity index (χ0n) is 25.7. The van der Waals surface area contributed by atoms with Crippen molar-refractivity contribution in [1.29, 1.82) is 5.41 Å². The number of nitrogens with two attached hydrogens (primary N) is 2. The van der Waals surface area contributed by atoms with Gasteiger partial charge in [-0.1, -0.05) is 0 Å². The number of hydrazone groups is 1. The molecule has 0 spiro atoms. The Balaban J connectivity index is 1.40. The van der Waals surface area contributed by atoms with Crippen molar-refractivity contribution in [3.63, 3.8) is 0 Å². The second-order valence-electron chi connectivity index (χ2n) is 9.80. The van der Waals surface area contributed by atoms with E-state index in [9.17, 15) is 14.7 Å². The average Bonchev–Trinajstić information content (AvgIpc) is 3.78. The molecule has 0 saturated carbocycles. The summed E-state index contributed by atoms with van der Waals surface area (Å²) in [5.41, 5.74) is 13.9. The molecule has 2 aliphatic heterocycles. The molecule has 0 bridgehead atoms. The molecule has 0 aromatic carbocycles. The molecule has 3 atom stereocenters. The van der Waals surface area contributed by atoms with Crippen molar-refractivity contribution in [2.75, 3.05) is 20.0 Å². The van der Waals surface area contributed by atoms with Crippen LogP contribution >= 0.6 is 0 Å². The van der Waals surface area contributed by atoms with E-state index in [1.165, 1.54) is 45.7 Å². The summed E-state index contributed by atoms with van der Waals surface area (Å²) in [6.07, 6.45) is 1.14. The van der Waals surface area contributed by atoms with Crippen LogP contribution in [0.1, 0.15) is 32.8 Å². The Kier molecular flexibility index (Phi) is 8.91. The molecule has 0 fully saturated rings. The van der Waals surface area contributed by atoms with Crippen LogP contribution in [0.4, 0.5) is 23.1 Å². The number of nitrogen functional groups attached to an aromatic ring is 1. The SMILES string of the molecule is COC(=O)c1cnn(C)c1N=Nc1c(C)nn(C2=NC(O)N=C(N3N=C(CC=N)C(N=Nc4c(C(=O)OC)cnn4C)C3N)N2)c1N. The second-order valence-corrected chi connectivity index (χ2v) is 9.80. The van der Waals surface area contributed by atoms with Crippen LogP contribution in [0, 0.1) is 12.3 Å². The summed E-state index contributed by atoms with van der Waals surface area (Å²) < 4.78 is 13.4. The number of nitrogens with zero attached hydrogens (tertiary/aromatic N) is 14. The Morgan fingerprint density at radius 2 is 1.64 bits per heavy atom. The Morgan fingerprint density at radius 1 is 1.04 bits per heavy atom. The molecule has 0 radical (unpaired) electrons. The van der Waals surface area contributed by atoms with Gasteiger partial charge in [-0.2, -0.15) is 40.2 Å². The van der Waals surface area contributed by atoms with Gasteiger partial charge in [0.25, 0.3) is 0 Å². The minimum atomic E-state index is -1.61. The Bertz CT molecular complexity index is 1880. The maximum atomic E-state index is 12.1.